The fourth-order valence-corrected chi connectivity index (χ4v) is 3.33. The SMILES string of the molecule is CCC[C@@H](NC(=O)c1cccc2c1CC(=O)N2)[C@@H](O)c1cnccc1C. The first-order chi connectivity index (χ1) is 12.5. The molecular weight excluding hydrogens is 330 g/mol. The third-order valence-corrected chi connectivity index (χ3v) is 4.73. The lowest BCUT2D eigenvalue weighted by Crippen LogP contribution is -2.40. The number of nitrogens with zero attached hydrogens (tertiary/aromatic N) is 1. The summed E-state index contributed by atoms with van der Waals surface area (Å²) in [6, 6.07) is 6.64. The van der Waals surface area contributed by atoms with Crippen LogP contribution in [0.3, 0.4) is 0 Å². The number of hydrogen-bond donors (Lipinski definition) is 3. The van der Waals surface area contributed by atoms with Crippen molar-refractivity contribution >= 4 is 17.5 Å². The van der Waals surface area contributed by atoms with Crippen LogP contribution in [0.2, 0.25) is 0 Å². The van der Waals surface area contributed by atoms with Crippen LogP contribution in [0.25, 0.3) is 0 Å². The van der Waals surface area contributed by atoms with Crippen LogP contribution in [-0.2, 0) is 11.2 Å². The van der Waals surface area contributed by atoms with E-state index in [0.29, 0.717) is 28.8 Å². The highest BCUT2D eigenvalue weighted by Crippen LogP contribution is 2.27. The second kappa shape index (κ2) is 7.66. The van der Waals surface area contributed by atoms with Gasteiger partial charge in [-0.15, -0.1) is 0 Å². The van der Waals surface area contributed by atoms with Crippen molar-refractivity contribution in [1.82, 2.24) is 10.3 Å². The molecule has 26 heavy (non-hydrogen) atoms. The fraction of sp³-hybridized carbons (Fsp3) is 0.350. The van der Waals surface area contributed by atoms with Gasteiger partial charge in [-0.05, 0) is 42.7 Å². The molecule has 0 radical (unpaired) electrons. The molecule has 2 heterocycles. The van der Waals surface area contributed by atoms with Crippen LogP contribution in [-0.4, -0.2) is 27.9 Å². The predicted octanol–water partition coefficient (Wildman–Crippen LogP) is 2.52. The van der Waals surface area contributed by atoms with Gasteiger partial charge in [0.1, 0.15) is 6.10 Å². The van der Waals surface area contributed by atoms with Gasteiger partial charge in [-0.25, -0.2) is 0 Å². The summed E-state index contributed by atoms with van der Waals surface area (Å²) in [6.45, 7) is 3.91. The van der Waals surface area contributed by atoms with Gasteiger partial charge in [0.15, 0.2) is 0 Å². The second-order valence-corrected chi connectivity index (χ2v) is 6.60. The van der Waals surface area contributed by atoms with Crippen molar-refractivity contribution in [3.63, 3.8) is 0 Å². The number of aliphatic hydroxyl groups is 1. The van der Waals surface area contributed by atoms with Gasteiger partial charge >= 0.3 is 0 Å². The van der Waals surface area contributed by atoms with E-state index >= 15 is 0 Å². The number of anilines is 1. The maximum atomic E-state index is 12.8. The summed E-state index contributed by atoms with van der Waals surface area (Å²) < 4.78 is 0. The Bertz CT molecular complexity index is 835. The number of aryl methyl sites for hydroxylation is 1. The van der Waals surface area contributed by atoms with Gasteiger partial charge in [-0.2, -0.15) is 0 Å². The summed E-state index contributed by atoms with van der Waals surface area (Å²) in [5, 5.41) is 16.5. The van der Waals surface area contributed by atoms with Crippen LogP contribution in [0.4, 0.5) is 5.69 Å². The third kappa shape index (κ3) is 3.60. The number of aromatic nitrogens is 1. The molecule has 0 unspecified atom stereocenters. The van der Waals surface area contributed by atoms with Gasteiger partial charge in [-0.1, -0.05) is 19.4 Å². The molecule has 0 fully saturated rings. The maximum Gasteiger partial charge on any atom is 0.251 e. The maximum absolute atomic E-state index is 12.8. The summed E-state index contributed by atoms with van der Waals surface area (Å²) in [7, 11) is 0. The van der Waals surface area contributed by atoms with Crippen molar-refractivity contribution in [3.8, 4) is 0 Å². The standard InChI is InChI=1S/C20H23N3O3/c1-3-5-17(19(25)15-11-21-9-8-12(15)2)23-20(26)13-6-4-7-16-14(13)10-18(24)22-16/h4,6-9,11,17,19,25H,3,5,10H2,1-2H3,(H,22,24)(H,23,26)/t17-,19+/m1/s1. The van der Waals surface area contributed by atoms with Crippen molar-refractivity contribution in [3.05, 3.63) is 58.9 Å². The number of rotatable bonds is 6. The Balaban J connectivity index is 1.83. The minimum atomic E-state index is -0.843. The summed E-state index contributed by atoms with van der Waals surface area (Å²) in [6.07, 6.45) is 4.11. The molecule has 0 aliphatic carbocycles. The molecular formula is C20H23N3O3. The van der Waals surface area contributed by atoms with E-state index in [1.165, 1.54) is 0 Å². The van der Waals surface area contributed by atoms with E-state index in [4.69, 9.17) is 0 Å². The number of amides is 2. The molecule has 1 aromatic carbocycles. The number of fused-ring (bicyclic) bond motifs is 1. The fourth-order valence-electron chi connectivity index (χ4n) is 3.33. The number of benzene rings is 1. The summed E-state index contributed by atoms with van der Waals surface area (Å²) in [5.41, 5.74) is 3.49. The van der Waals surface area contributed by atoms with Crippen molar-refractivity contribution in [2.75, 3.05) is 5.32 Å². The monoisotopic (exact) mass is 353 g/mol. The van der Waals surface area contributed by atoms with E-state index in [0.717, 1.165) is 12.0 Å². The van der Waals surface area contributed by atoms with Gasteiger partial charge < -0.3 is 15.7 Å². The zero-order chi connectivity index (χ0) is 18.7. The third-order valence-electron chi connectivity index (χ3n) is 4.73. The number of hydrogen-bond acceptors (Lipinski definition) is 4. The highest BCUT2D eigenvalue weighted by atomic mass is 16.3. The van der Waals surface area contributed by atoms with E-state index in [1.807, 2.05) is 19.9 Å². The quantitative estimate of drug-likeness (QED) is 0.744. The van der Waals surface area contributed by atoms with Crippen LogP contribution in [0.1, 0.15) is 52.9 Å². The minimum absolute atomic E-state index is 0.114. The molecule has 2 amide bonds. The Morgan fingerprint density at radius 2 is 2.19 bits per heavy atom. The first kappa shape index (κ1) is 18.1. The first-order valence-electron chi connectivity index (χ1n) is 8.82. The zero-order valence-electron chi connectivity index (χ0n) is 15.0. The highest BCUT2D eigenvalue weighted by Gasteiger charge is 2.27. The van der Waals surface area contributed by atoms with Gasteiger partial charge in [0.05, 0.1) is 12.5 Å². The lowest BCUT2D eigenvalue weighted by molar-refractivity contribution is -0.115. The average molecular weight is 353 g/mol. The van der Waals surface area contributed by atoms with Crippen LogP contribution in [0, 0.1) is 6.92 Å². The molecule has 2 atom stereocenters. The largest absolute Gasteiger partial charge is 0.386 e. The Hall–Kier alpha value is -2.73. The topological polar surface area (TPSA) is 91.3 Å². The molecule has 3 rings (SSSR count). The van der Waals surface area contributed by atoms with Gasteiger partial charge in [-0.3, -0.25) is 14.6 Å². The van der Waals surface area contributed by atoms with Crippen LogP contribution in [0.15, 0.2) is 36.7 Å². The lowest BCUT2D eigenvalue weighted by Gasteiger charge is -2.25. The van der Waals surface area contributed by atoms with Gasteiger partial charge in [0, 0.05) is 29.2 Å². The number of carbonyl (C=O) groups is 2. The lowest BCUT2D eigenvalue weighted by atomic mass is 9.96. The number of carbonyl (C=O) groups excluding carboxylic acids is 2. The van der Waals surface area contributed by atoms with Crippen molar-refractivity contribution in [1.29, 1.82) is 0 Å². The van der Waals surface area contributed by atoms with Crippen molar-refractivity contribution < 1.29 is 14.7 Å². The molecule has 6 heteroatoms. The smallest absolute Gasteiger partial charge is 0.251 e. The summed E-state index contributed by atoms with van der Waals surface area (Å²) in [4.78, 5) is 28.6. The van der Waals surface area contributed by atoms with Gasteiger partial charge in [0.25, 0.3) is 5.91 Å². The van der Waals surface area contributed by atoms with Crippen LogP contribution < -0.4 is 10.6 Å². The molecule has 2 aromatic rings. The summed E-state index contributed by atoms with van der Waals surface area (Å²) in [5.74, 6) is -0.395. The van der Waals surface area contributed by atoms with E-state index in [1.54, 1.807) is 30.6 Å². The molecule has 1 aromatic heterocycles. The molecule has 6 nitrogen and oxygen atoms in total. The Kier molecular flexibility index (Phi) is 5.32. The Labute approximate surface area is 152 Å². The molecule has 0 bridgehead atoms. The minimum Gasteiger partial charge on any atom is -0.386 e. The Morgan fingerprint density at radius 1 is 1.38 bits per heavy atom. The van der Waals surface area contributed by atoms with Gasteiger partial charge in [0.2, 0.25) is 5.91 Å². The normalized spacial score (nSPS) is 15.1. The molecule has 0 saturated carbocycles. The number of nitrogens with one attached hydrogen (secondary N) is 2. The number of pyridine rings is 1. The van der Waals surface area contributed by atoms with Crippen molar-refractivity contribution in [2.45, 2.75) is 45.3 Å². The highest BCUT2D eigenvalue weighted by molar-refractivity contribution is 6.05. The Morgan fingerprint density at radius 3 is 2.92 bits per heavy atom. The van der Waals surface area contributed by atoms with E-state index < -0.39 is 12.1 Å². The molecule has 1 aliphatic heterocycles. The first-order valence-corrected chi connectivity index (χ1v) is 8.82. The van der Waals surface area contributed by atoms with Crippen LogP contribution in [0.5, 0.6) is 0 Å². The zero-order valence-corrected chi connectivity index (χ0v) is 15.0. The van der Waals surface area contributed by atoms with E-state index in [-0.39, 0.29) is 18.2 Å². The van der Waals surface area contributed by atoms with E-state index in [9.17, 15) is 14.7 Å². The molecule has 1 aliphatic rings. The van der Waals surface area contributed by atoms with Crippen molar-refractivity contribution in [2.24, 2.45) is 0 Å². The molecule has 0 spiro atoms. The van der Waals surface area contributed by atoms with E-state index in [2.05, 4.69) is 15.6 Å². The molecule has 136 valence electrons. The van der Waals surface area contributed by atoms with Crippen LogP contribution >= 0.6 is 0 Å². The molecule has 0 saturated heterocycles. The molecule has 3 N–H and O–H groups in total. The summed E-state index contributed by atoms with van der Waals surface area (Å²) >= 11 is 0. The second-order valence-electron chi connectivity index (χ2n) is 6.60. The average Bonchev–Trinajstić information content (AvgIpc) is 3.01. The predicted molar refractivity (Wildman–Crippen MR) is 98.9 cm³/mol. The number of aliphatic hydroxyl groups excluding tert-OH is 1.